The van der Waals surface area contributed by atoms with E-state index in [4.69, 9.17) is 4.74 Å². The van der Waals surface area contributed by atoms with E-state index in [1.807, 2.05) is 27.7 Å². The van der Waals surface area contributed by atoms with Crippen molar-refractivity contribution in [1.29, 1.82) is 0 Å². The summed E-state index contributed by atoms with van der Waals surface area (Å²) in [4.78, 5) is 20.8. The quantitative estimate of drug-likeness (QED) is 0.585. The third kappa shape index (κ3) is 5.85. The lowest BCUT2D eigenvalue weighted by molar-refractivity contribution is 0.0240. The van der Waals surface area contributed by atoms with Crippen LogP contribution in [0.1, 0.15) is 47.0 Å². The van der Waals surface area contributed by atoms with Gasteiger partial charge in [-0.1, -0.05) is 0 Å². The summed E-state index contributed by atoms with van der Waals surface area (Å²) in [6.07, 6.45) is 2.33. The number of likely N-dealkylation sites (tertiary alicyclic amines) is 1. The molecule has 0 aromatic rings. The topological polar surface area (TPSA) is 77.4 Å². The molecule has 1 atom stereocenters. The molecular formula is C17H32N4O3. The second-order valence-electron chi connectivity index (χ2n) is 7.53. The summed E-state index contributed by atoms with van der Waals surface area (Å²) < 4.78 is 5.50. The summed E-state index contributed by atoms with van der Waals surface area (Å²) in [6.45, 7) is 11.0. The Labute approximate surface area is 145 Å². The van der Waals surface area contributed by atoms with Crippen molar-refractivity contribution in [2.24, 2.45) is 4.99 Å². The van der Waals surface area contributed by atoms with Gasteiger partial charge in [0.2, 0.25) is 0 Å². The van der Waals surface area contributed by atoms with Gasteiger partial charge in [0.05, 0.1) is 12.6 Å². The Morgan fingerprint density at radius 1 is 1.38 bits per heavy atom. The largest absolute Gasteiger partial charge is 0.444 e. The van der Waals surface area contributed by atoms with Crippen molar-refractivity contribution < 1.29 is 14.6 Å². The number of β-amino-alcohol motifs (C(OH)–C–C–N with tert-alkyl or cyclic N) is 1. The molecule has 1 heterocycles. The number of hydrogen-bond donors (Lipinski definition) is 2. The number of aliphatic hydroxyl groups excluding tert-OH is 1. The van der Waals surface area contributed by atoms with Gasteiger partial charge < -0.3 is 25.0 Å². The number of hydrogen-bond acceptors (Lipinski definition) is 4. The fraction of sp³-hybridized carbons (Fsp3) is 0.882. The monoisotopic (exact) mass is 340 g/mol. The Hall–Kier alpha value is -1.50. The summed E-state index contributed by atoms with van der Waals surface area (Å²) in [5.74, 6) is 0.814. The van der Waals surface area contributed by atoms with Crippen LogP contribution in [-0.2, 0) is 4.74 Å². The first-order valence-electron chi connectivity index (χ1n) is 9.01. The highest BCUT2D eigenvalue weighted by atomic mass is 16.6. The predicted molar refractivity (Wildman–Crippen MR) is 94.1 cm³/mol. The molecule has 0 bridgehead atoms. The fourth-order valence-electron chi connectivity index (χ4n) is 2.75. The van der Waals surface area contributed by atoms with Crippen LogP contribution >= 0.6 is 0 Å². The molecule has 1 aliphatic carbocycles. The average molecular weight is 340 g/mol. The second-order valence-corrected chi connectivity index (χ2v) is 7.53. The van der Waals surface area contributed by atoms with Gasteiger partial charge in [0, 0.05) is 32.2 Å². The number of ether oxygens (including phenoxy) is 1. The highest BCUT2D eigenvalue weighted by Crippen LogP contribution is 2.28. The Morgan fingerprint density at radius 2 is 2.08 bits per heavy atom. The van der Waals surface area contributed by atoms with E-state index in [1.165, 1.54) is 0 Å². The minimum atomic E-state index is -0.478. The van der Waals surface area contributed by atoms with E-state index in [2.05, 4.69) is 15.2 Å². The third-order valence-electron chi connectivity index (χ3n) is 4.02. The molecule has 7 nitrogen and oxygen atoms in total. The highest BCUT2D eigenvalue weighted by Gasteiger charge is 2.35. The minimum Gasteiger partial charge on any atom is -0.444 e. The van der Waals surface area contributed by atoms with Gasteiger partial charge in [-0.2, -0.15) is 0 Å². The average Bonchev–Trinajstić information content (AvgIpc) is 3.21. The molecule has 1 saturated heterocycles. The van der Waals surface area contributed by atoms with Gasteiger partial charge >= 0.3 is 6.09 Å². The Morgan fingerprint density at radius 3 is 2.58 bits per heavy atom. The molecule has 0 radical (unpaired) electrons. The lowest BCUT2D eigenvalue weighted by Gasteiger charge is -2.27. The molecule has 7 heteroatoms. The van der Waals surface area contributed by atoms with Crippen molar-refractivity contribution in [3.8, 4) is 0 Å². The number of guanidine groups is 1. The maximum Gasteiger partial charge on any atom is 0.410 e. The summed E-state index contributed by atoms with van der Waals surface area (Å²) in [5.41, 5.74) is -0.478. The zero-order chi connectivity index (χ0) is 17.7. The second kappa shape index (κ2) is 8.05. The smallest absolute Gasteiger partial charge is 0.410 e. The van der Waals surface area contributed by atoms with E-state index in [9.17, 15) is 9.90 Å². The van der Waals surface area contributed by atoms with E-state index in [1.54, 1.807) is 4.90 Å². The van der Waals surface area contributed by atoms with Crippen LogP contribution in [0.4, 0.5) is 4.79 Å². The molecule has 2 fully saturated rings. The van der Waals surface area contributed by atoms with Crippen molar-refractivity contribution in [1.82, 2.24) is 15.1 Å². The van der Waals surface area contributed by atoms with Crippen LogP contribution in [0, 0.1) is 0 Å². The van der Waals surface area contributed by atoms with Crippen molar-refractivity contribution >= 4 is 12.1 Å². The molecular weight excluding hydrogens is 308 g/mol. The van der Waals surface area contributed by atoms with Gasteiger partial charge in [-0.25, -0.2) is 4.79 Å². The number of aliphatic hydroxyl groups is 1. The summed E-state index contributed by atoms with van der Waals surface area (Å²) >= 11 is 0. The minimum absolute atomic E-state index is 0.248. The first-order valence-corrected chi connectivity index (χ1v) is 9.01. The van der Waals surface area contributed by atoms with Crippen LogP contribution in [0.2, 0.25) is 0 Å². The Balaban J connectivity index is 1.91. The van der Waals surface area contributed by atoms with Gasteiger partial charge in [-0.15, -0.1) is 0 Å². The molecule has 138 valence electrons. The number of aliphatic imine (C=N–C) groups is 1. The number of carbonyl (C=O) groups excluding carboxylic acids is 1. The van der Waals surface area contributed by atoms with Crippen molar-refractivity contribution in [2.45, 2.75) is 64.7 Å². The van der Waals surface area contributed by atoms with Gasteiger partial charge in [-0.05, 0) is 47.0 Å². The number of carbonyl (C=O) groups is 1. The van der Waals surface area contributed by atoms with Gasteiger partial charge in [0.1, 0.15) is 5.60 Å². The molecule has 2 aliphatic rings. The van der Waals surface area contributed by atoms with E-state index in [0.29, 0.717) is 25.7 Å². The zero-order valence-corrected chi connectivity index (χ0v) is 15.4. The Kier molecular flexibility index (Phi) is 6.32. The van der Waals surface area contributed by atoms with Crippen LogP contribution in [0.3, 0.4) is 0 Å². The molecule has 24 heavy (non-hydrogen) atoms. The SMILES string of the molecule is CCNC(=NCCN(C(=O)OC(C)(C)C)C1CC1)N1CC[C@@H](O)C1. The molecule has 1 aliphatic heterocycles. The van der Waals surface area contributed by atoms with Crippen LogP contribution < -0.4 is 5.32 Å². The molecule has 0 unspecified atom stereocenters. The number of nitrogens with one attached hydrogen (secondary N) is 1. The molecule has 0 aromatic carbocycles. The van der Waals surface area contributed by atoms with E-state index < -0.39 is 5.60 Å². The van der Waals surface area contributed by atoms with Crippen molar-refractivity contribution in [3.05, 3.63) is 0 Å². The van der Waals surface area contributed by atoms with Crippen LogP contribution in [0.25, 0.3) is 0 Å². The number of amides is 1. The van der Waals surface area contributed by atoms with Gasteiger partial charge in [0.15, 0.2) is 5.96 Å². The molecule has 2 N–H and O–H groups in total. The first kappa shape index (κ1) is 18.8. The zero-order valence-electron chi connectivity index (χ0n) is 15.4. The normalized spacial score (nSPS) is 21.8. The number of nitrogens with zero attached hydrogens (tertiary/aromatic N) is 3. The molecule has 1 amide bonds. The molecule has 0 spiro atoms. The lowest BCUT2D eigenvalue weighted by Crippen LogP contribution is -2.42. The molecule has 1 saturated carbocycles. The maximum atomic E-state index is 12.3. The summed E-state index contributed by atoms with van der Waals surface area (Å²) in [6, 6.07) is 0.297. The van der Waals surface area contributed by atoms with Crippen molar-refractivity contribution in [2.75, 3.05) is 32.7 Å². The van der Waals surface area contributed by atoms with Crippen LogP contribution in [0.5, 0.6) is 0 Å². The maximum absolute atomic E-state index is 12.3. The standard InChI is InChI=1S/C17H32N4O3/c1-5-18-15(20-10-8-14(22)12-20)19-9-11-21(13-6-7-13)16(23)24-17(2,3)4/h13-14,22H,5-12H2,1-4H3,(H,18,19)/t14-/m1/s1. The predicted octanol–water partition coefficient (Wildman–Crippen LogP) is 1.42. The van der Waals surface area contributed by atoms with Crippen molar-refractivity contribution in [3.63, 3.8) is 0 Å². The highest BCUT2D eigenvalue weighted by molar-refractivity contribution is 5.80. The van der Waals surface area contributed by atoms with Crippen LogP contribution in [0.15, 0.2) is 4.99 Å². The van der Waals surface area contributed by atoms with Crippen LogP contribution in [-0.4, -0.2) is 77.4 Å². The third-order valence-corrected chi connectivity index (χ3v) is 4.02. The molecule has 0 aromatic heterocycles. The first-order chi connectivity index (χ1) is 11.3. The van der Waals surface area contributed by atoms with Gasteiger partial charge in [-0.3, -0.25) is 4.99 Å². The summed E-state index contributed by atoms with van der Waals surface area (Å²) in [7, 11) is 0. The molecule has 2 rings (SSSR count). The van der Waals surface area contributed by atoms with E-state index in [-0.39, 0.29) is 12.2 Å². The fourth-order valence-corrected chi connectivity index (χ4v) is 2.75. The van der Waals surface area contributed by atoms with E-state index in [0.717, 1.165) is 38.3 Å². The summed E-state index contributed by atoms with van der Waals surface area (Å²) in [5, 5.41) is 13.0. The van der Waals surface area contributed by atoms with Gasteiger partial charge in [0.25, 0.3) is 0 Å². The van der Waals surface area contributed by atoms with E-state index >= 15 is 0 Å². The Bertz CT molecular complexity index is 457. The number of rotatable bonds is 5. The lowest BCUT2D eigenvalue weighted by atomic mass is 10.2.